The minimum atomic E-state index is -0.172. The molecule has 2 N–H and O–H groups in total. The summed E-state index contributed by atoms with van der Waals surface area (Å²) in [6, 6.07) is 9.70. The molecule has 0 radical (unpaired) electrons. The fourth-order valence-corrected chi connectivity index (χ4v) is 3.37. The summed E-state index contributed by atoms with van der Waals surface area (Å²) >= 11 is 0. The third-order valence-electron chi connectivity index (χ3n) is 5.13. The number of fused-ring (bicyclic) bond motifs is 1. The molecular weight excluding hydrogens is 396 g/mol. The van der Waals surface area contributed by atoms with E-state index in [1.54, 1.807) is 13.4 Å². The third kappa shape index (κ3) is 6.73. The maximum Gasteiger partial charge on any atom is 0.306 e. The Hall–Kier alpha value is -3.04. The predicted octanol–water partition coefficient (Wildman–Crippen LogP) is 2.27. The molecular formula is C22H30N6O3. The number of aryl methyl sites for hydroxylation is 1. The molecule has 0 bridgehead atoms. The first kappa shape index (κ1) is 22.6. The van der Waals surface area contributed by atoms with Gasteiger partial charge in [0.1, 0.15) is 18.5 Å². The van der Waals surface area contributed by atoms with Gasteiger partial charge in [-0.1, -0.05) is 30.3 Å². The Labute approximate surface area is 182 Å². The van der Waals surface area contributed by atoms with E-state index in [2.05, 4.69) is 19.9 Å². The van der Waals surface area contributed by atoms with Crippen LogP contribution in [0.4, 0.5) is 5.82 Å². The molecule has 0 spiro atoms. The number of ether oxygens (including phenoxy) is 2. The molecule has 2 heterocycles. The van der Waals surface area contributed by atoms with E-state index in [0.29, 0.717) is 30.9 Å². The Morgan fingerprint density at radius 1 is 1.23 bits per heavy atom. The Balaban J connectivity index is 1.36. The average Bonchev–Trinajstić information content (AvgIpc) is 3.20. The fourth-order valence-electron chi connectivity index (χ4n) is 3.37. The van der Waals surface area contributed by atoms with E-state index in [0.717, 1.165) is 37.1 Å². The summed E-state index contributed by atoms with van der Waals surface area (Å²) in [5, 5.41) is 0. The Kier molecular flexibility index (Phi) is 8.31. The van der Waals surface area contributed by atoms with Crippen LogP contribution in [0.15, 0.2) is 43.0 Å². The number of nitrogens with two attached hydrogens (primary N) is 1. The zero-order valence-corrected chi connectivity index (χ0v) is 18.1. The lowest BCUT2D eigenvalue weighted by atomic mass is 10.2. The molecule has 9 nitrogen and oxygen atoms in total. The zero-order chi connectivity index (χ0) is 22.1. The maximum absolute atomic E-state index is 11.9. The van der Waals surface area contributed by atoms with Gasteiger partial charge in [-0.15, -0.1) is 0 Å². The van der Waals surface area contributed by atoms with Crippen LogP contribution in [0.1, 0.15) is 24.8 Å². The topological polar surface area (TPSA) is 108 Å². The first-order chi connectivity index (χ1) is 15.1. The Morgan fingerprint density at radius 3 is 2.81 bits per heavy atom. The number of carbonyl (C=O) groups excluding carboxylic acids is 1. The minimum absolute atomic E-state index is 0.0478. The molecule has 9 heteroatoms. The van der Waals surface area contributed by atoms with E-state index >= 15 is 0 Å². The molecule has 31 heavy (non-hydrogen) atoms. The minimum Gasteiger partial charge on any atom is -0.461 e. The van der Waals surface area contributed by atoms with Crippen LogP contribution in [0.3, 0.4) is 0 Å². The van der Waals surface area contributed by atoms with Crippen molar-refractivity contribution in [3.05, 3.63) is 48.5 Å². The fraction of sp³-hybridized carbons (Fsp3) is 0.455. The van der Waals surface area contributed by atoms with Crippen LogP contribution in [0.5, 0.6) is 0 Å². The van der Waals surface area contributed by atoms with Crippen LogP contribution in [0.25, 0.3) is 11.2 Å². The molecule has 1 atom stereocenters. The van der Waals surface area contributed by atoms with Crippen LogP contribution in [-0.4, -0.2) is 63.7 Å². The van der Waals surface area contributed by atoms with Crippen molar-refractivity contribution in [1.82, 2.24) is 24.4 Å². The molecule has 0 amide bonds. The van der Waals surface area contributed by atoms with Crippen LogP contribution in [-0.2, 0) is 27.4 Å². The molecule has 0 saturated heterocycles. The number of rotatable bonds is 12. The summed E-state index contributed by atoms with van der Waals surface area (Å²) in [6.45, 7) is 2.59. The van der Waals surface area contributed by atoms with Gasteiger partial charge in [0.05, 0.1) is 12.4 Å². The second-order valence-corrected chi connectivity index (χ2v) is 7.53. The van der Waals surface area contributed by atoms with Gasteiger partial charge >= 0.3 is 5.97 Å². The van der Waals surface area contributed by atoms with Gasteiger partial charge in [-0.2, -0.15) is 0 Å². The number of benzene rings is 1. The number of nitrogen functional groups attached to an aromatic ring is 1. The first-order valence-corrected chi connectivity index (χ1v) is 10.4. The summed E-state index contributed by atoms with van der Waals surface area (Å²) in [7, 11) is 3.74. The Morgan fingerprint density at radius 2 is 2.03 bits per heavy atom. The lowest BCUT2D eigenvalue weighted by Crippen LogP contribution is -2.32. The van der Waals surface area contributed by atoms with Crippen molar-refractivity contribution in [3.8, 4) is 0 Å². The number of aromatic nitrogens is 4. The van der Waals surface area contributed by atoms with Crippen molar-refractivity contribution in [2.75, 3.05) is 33.0 Å². The second kappa shape index (κ2) is 11.4. The second-order valence-electron chi connectivity index (χ2n) is 7.53. The highest BCUT2D eigenvalue weighted by molar-refractivity contribution is 5.81. The molecule has 2 aromatic heterocycles. The number of methoxy groups -OCH3 is 1. The number of anilines is 1. The van der Waals surface area contributed by atoms with Crippen molar-refractivity contribution < 1.29 is 14.3 Å². The quantitative estimate of drug-likeness (QED) is 0.439. The predicted molar refractivity (Wildman–Crippen MR) is 118 cm³/mol. The average molecular weight is 427 g/mol. The van der Waals surface area contributed by atoms with Gasteiger partial charge in [0.2, 0.25) is 0 Å². The monoisotopic (exact) mass is 426 g/mol. The molecule has 0 aliphatic carbocycles. The molecule has 1 unspecified atom stereocenters. The number of nitrogens with zero attached hydrogens (tertiary/aromatic N) is 5. The van der Waals surface area contributed by atoms with Gasteiger partial charge in [0, 0.05) is 26.6 Å². The summed E-state index contributed by atoms with van der Waals surface area (Å²) in [5.74, 6) is 0.211. The van der Waals surface area contributed by atoms with E-state index in [1.165, 1.54) is 6.33 Å². The van der Waals surface area contributed by atoms with E-state index in [-0.39, 0.29) is 12.1 Å². The van der Waals surface area contributed by atoms with Crippen LogP contribution >= 0.6 is 0 Å². The highest BCUT2D eigenvalue weighted by atomic mass is 16.5. The number of likely N-dealkylation sites (N-methyl/N-ethyl adjacent to an activating group) is 1. The van der Waals surface area contributed by atoms with Gasteiger partial charge in [0.15, 0.2) is 11.5 Å². The van der Waals surface area contributed by atoms with E-state index in [4.69, 9.17) is 15.2 Å². The molecule has 0 saturated carbocycles. The third-order valence-corrected chi connectivity index (χ3v) is 5.13. The number of hydrogen-bond acceptors (Lipinski definition) is 8. The van der Waals surface area contributed by atoms with Gasteiger partial charge in [-0.3, -0.25) is 4.79 Å². The highest BCUT2D eigenvalue weighted by Gasteiger charge is 2.14. The molecule has 3 aromatic rings. The smallest absolute Gasteiger partial charge is 0.306 e. The molecule has 1 aromatic carbocycles. The highest BCUT2D eigenvalue weighted by Crippen LogP contribution is 2.15. The normalized spacial score (nSPS) is 12.4. The van der Waals surface area contributed by atoms with Gasteiger partial charge in [0.25, 0.3) is 0 Å². The van der Waals surface area contributed by atoms with Crippen molar-refractivity contribution in [2.24, 2.45) is 0 Å². The van der Waals surface area contributed by atoms with Gasteiger partial charge in [-0.25, -0.2) is 15.0 Å². The molecule has 0 fully saturated rings. The van der Waals surface area contributed by atoms with Crippen LogP contribution in [0.2, 0.25) is 0 Å². The number of imidazole rings is 1. The molecule has 0 aliphatic rings. The number of hydrogen-bond donors (Lipinski definition) is 1. The summed E-state index contributed by atoms with van der Waals surface area (Å²) in [4.78, 5) is 26.6. The van der Waals surface area contributed by atoms with Gasteiger partial charge < -0.3 is 24.7 Å². The molecule has 166 valence electrons. The van der Waals surface area contributed by atoms with Crippen LogP contribution in [0, 0.1) is 0 Å². The maximum atomic E-state index is 11.9. The van der Waals surface area contributed by atoms with Crippen LogP contribution < -0.4 is 5.73 Å². The lowest BCUT2D eigenvalue weighted by molar-refractivity contribution is -0.145. The number of carbonyl (C=O) groups is 1. The standard InChI is InChI=1S/C22H30N6O3/c1-27(11-6-9-19(29)31-14-17-7-4-3-5-8-17)13-18(30-2)10-12-28-16-26-20-21(23)24-15-25-22(20)28/h3-5,7-8,15-16,18H,6,9-14H2,1-2H3,(H2,23,24,25). The van der Waals surface area contributed by atoms with Crippen molar-refractivity contribution in [3.63, 3.8) is 0 Å². The van der Waals surface area contributed by atoms with Crippen molar-refractivity contribution in [1.29, 1.82) is 0 Å². The lowest BCUT2D eigenvalue weighted by Gasteiger charge is -2.23. The van der Waals surface area contributed by atoms with E-state index in [1.807, 2.05) is 41.9 Å². The molecule has 0 aliphatic heterocycles. The van der Waals surface area contributed by atoms with E-state index in [9.17, 15) is 4.79 Å². The van der Waals surface area contributed by atoms with Gasteiger partial charge in [-0.05, 0) is 32.0 Å². The largest absolute Gasteiger partial charge is 0.461 e. The van der Waals surface area contributed by atoms with Crippen molar-refractivity contribution >= 4 is 23.0 Å². The SMILES string of the molecule is COC(CCn1cnc2c(N)ncnc21)CN(C)CCCC(=O)OCc1ccccc1. The summed E-state index contributed by atoms with van der Waals surface area (Å²) < 4.78 is 12.9. The summed E-state index contributed by atoms with van der Waals surface area (Å²) in [6.07, 6.45) is 5.16. The molecule has 3 rings (SSSR count). The first-order valence-electron chi connectivity index (χ1n) is 10.4. The Bertz CT molecular complexity index is 962. The van der Waals surface area contributed by atoms with E-state index < -0.39 is 0 Å². The zero-order valence-electron chi connectivity index (χ0n) is 18.1. The summed E-state index contributed by atoms with van der Waals surface area (Å²) in [5.41, 5.74) is 8.18. The number of esters is 1. The van der Waals surface area contributed by atoms with Crippen molar-refractivity contribution in [2.45, 2.75) is 38.5 Å².